The fourth-order valence-electron chi connectivity index (χ4n) is 1.41. The lowest BCUT2D eigenvalue weighted by atomic mass is 10.1. The smallest absolute Gasteiger partial charge is 0.356 e. The lowest BCUT2D eigenvalue weighted by Crippen LogP contribution is -1.95. The third-order valence-corrected chi connectivity index (χ3v) is 2.19. The highest BCUT2D eigenvalue weighted by Crippen LogP contribution is 2.12. The topological polar surface area (TPSA) is 66.0 Å². The van der Waals surface area contributed by atoms with Crippen LogP contribution in [-0.4, -0.2) is 21.3 Å². The Morgan fingerprint density at radius 2 is 2.19 bits per heavy atom. The highest BCUT2D eigenvalue weighted by molar-refractivity contribution is 5.85. The van der Waals surface area contributed by atoms with E-state index in [0.717, 1.165) is 0 Å². The van der Waals surface area contributed by atoms with Crippen LogP contribution in [0.5, 0.6) is 0 Å². The lowest BCUT2D eigenvalue weighted by Gasteiger charge is -1.99. The van der Waals surface area contributed by atoms with E-state index in [2.05, 4.69) is 10.2 Å². The minimum absolute atomic E-state index is 0.0636. The summed E-state index contributed by atoms with van der Waals surface area (Å²) in [5, 5.41) is 14.8. The Bertz CT molecular complexity index is 522. The molecule has 2 rings (SSSR count). The zero-order valence-electron chi connectivity index (χ0n) is 8.27. The summed E-state index contributed by atoms with van der Waals surface area (Å²) < 4.78 is 13.3. The van der Waals surface area contributed by atoms with Crippen molar-refractivity contribution in [2.45, 2.75) is 6.42 Å². The van der Waals surface area contributed by atoms with Crippen molar-refractivity contribution in [3.8, 4) is 0 Å². The second-order valence-electron chi connectivity index (χ2n) is 3.35. The maximum atomic E-state index is 13.3. The van der Waals surface area contributed by atoms with Gasteiger partial charge in [0.1, 0.15) is 5.82 Å². The van der Waals surface area contributed by atoms with Crippen molar-refractivity contribution >= 4 is 5.97 Å². The Morgan fingerprint density at radius 1 is 1.44 bits per heavy atom. The molecule has 0 radical (unpaired) electrons. The van der Waals surface area contributed by atoms with E-state index in [-0.39, 0.29) is 11.5 Å². The van der Waals surface area contributed by atoms with Crippen LogP contribution in [0.2, 0.25) is 0 Å². The van der Waals surface area contributed by atoms with Gasteiger partial charge in [-0.3, -0.25) is 5.10 Å². The fraction of sp³-hybridized carbons (Fsp3) is 0.0909. The quantitative estimate of drug-likeness (QED) is 0.829. The predicted octanol–water partition coefficient (Wildman–Crippen LogP) is 1.84. The van der Waals surface area contributed by atoms with Gasteiger partial charge in [0.25, 0.3) is 0 Å². The maximum absolute atomic E-state index is 13.3. The first-order valence-corrected chi connectivity index (χ1v) is 4.68. The Labute approximate surface area is 90.7 Å². The van der Waals surface area contributed by atoms with Crippen molar-refractivity contribution in [1.82, 2.24) is 10.2 Å². The van der Waals surface area contributed by atoms with Gasteiger partial charge in [-0.05, 0) is 17.7 Å². The summed E-state index contributed by atoms with van der Waals surface area (Å²) in [6.45, 7) is 0. The molecule has 0 unspecified atom stereocenters. The van der Waals surface area contributed by atoms with E-state index in [4.69, 9.17) is 5.11 Å². The van der Waals surface area contributed by atoms with E-state index in [1.807, 2.05) is 0 Å². The van der Waals surface area contributed by atoms with E-state index in [1.165, 1.54) is 12.1 Å². The zero-order valence-corrected chi connectivity index (χ0v) is 8.27. The van der Waals surface area contributed by atoms with Crippen LogP contribution in [-0.2, 0) is 6.42 Å². The summed E-state index contributed by atoms with van der Waals surface area (Å²) in [5.74, 6) is -1.41. The number of carbonyl (C=O) groups is 1. The number of nitrogens with zero attached hydrogens (tertiary/aromatic N) is 1. The van der Waals surface area contributed by atoms with Crippen LogP contribution in [0.25, 0.3) is 0 Å². The first kappa shape index (κ1) is 10.4. The van der Waals surface area contributed by atoms with Crippen molar-refractivity contribution in [3.63, 3.8) is 0 Å². The number of nitrogens with one attached hydrogen (secondary N) is 1. The van der Waals surface area contributed by atoms with Gasteiger partial charge < -0.3 is 5.11 Å². The normalized spacial score (nSPS) is 10.3. The number of aromatic nitrogens is 2. The van der Waals surface area contributed by atoms with Gasteiger partial charge >= 0.3 is 5.97 Å². The minimum atomic E-state index is -1.10. The average molecular weight is 220 g/mol. The molecule has 0 aliphatic heterocycles. The second kappa shape index (κ2) is 4.14. The van der Waals surface area contributed by atoms with Gasteiger partial charge in [0.15, 0.2) is 5.69 Å². The number of H-pyrrole nitrogens is 1. The van der Waals surface area contributed by atoms with Crippen LogP contribution in [0.3, 0.4) is 0 Å². The standard InChI is InChI=1S/C11H9FN2O2/c12-9-4-2-1-3-7(9)5-8-6-10(11(15)16)14-13-8/h1-4,6H,5H2,(H,13,14)(H,15,16). The number of aromatic amines is 1. The molecule has 0 saturated heterocycles. The summed E-state index contributed by atoms with van der Waals surface area (Å²) in [6, 6.07) is 7.75. The molecule has 0 bridgehead atoms. The third kappa shape index (κ3) is 2.08. The summed E-state index contributed by atoms with van der Waals surface area (Å²) in [7, 11) is 0. The molecule has 4 nitrogen and oxygen atoms in total. The van der Waals surface area contributed by atoms with E-state index in [1.54, 1.807) is 18.2 Å². The van der Waals surface area contributed by atoms with Crippen LogP contribution in [0.1, 0.15) is 21.7 Å². The molecular weight excluding hydrogens is 211 g/mol. The van der Waals surface area contributed by atoms with E-state index in [0.29, 0.717) is 17.7 Å². The minimum Gasteiger partial charge on any atom is -0.476 e. The van der Waals surface area contributed by atoms with Crippen LogP contribution in [0.15, 0.2) is 30.3 Å². The molecule has 0 atom stereocenters. The van der Waals surface area contributed by atoms with Gasteiger partial charge in [-0.15, -0.1) is 0 Å². The third-order valence-electron chi connectivity index (χ3n) is 2.19. The number of carboxylic acids is 1. The molecule has 1 heterocycles. The van der Waals surface area contributed by atoms with Gasteiger partial charge in [-0.2, -0.15) is 5.10 Å². The molecule has 1 aromatic carbocycles. The zero-order chi connectivity index (χ0) is 11.5. The number of carboxylic acid groups (broad SMARTS) is 1. The Balaban J connectivity index is 2.21. The summed E-state index contributed by atoms with van der Waals surface area (Å²) in [5.41, 5.74) is 1.01. The predicted molar refractivity (Wildman–Crippen MR) is 54.8 cm³/mol. The van der Waals surface area contributed by atoms with Crippen LogP contribution in [0, 0.1) is 5.82 Å². The number of aromatic carboxylic acids is 1. The van der Waals surface area contributed by atoms with Crippen molar-refractivity contribution in [1.29, 1.82) is 0 Å². The molecule has 1 aromatic heterocycles. The molecule has 2 N–H and O–H groups in total. The first-order valence-electron chi connectivity index (χ1n) is 4.68. The number of hydrogen-bond donors (Lipinski definition) is 2. The van der Waals surface area contributed by atoms with Crippen molar-refractivity contribution < 1.29 is 14.3 Å². The number of benzene rings is 1. The largest absolute Gasteiger partial charge is 0.476 e. The van der Waals surface area contributed by atoms with E-state index >= 15 is 0 Å². The Kier molecular flexibility index (Phi) is 2.68. The monoisotopic (exact) mass is 220 g/mol. The summed E-state index contributed by atoms with van der Waals surface area (Å²) >= 11 is 0. The molecule has 82 valence electrons. The van der Waals surface area contributed by atoms with Gasteiger partial charge in [-0.25, -0.2) is 9.18 Å². The Hall–Kier alpha value is -2.17. The lowest BCUT2D eigenvalue weighted by molar-refractivity contribution is 0.0690. The number of halogens is 1. The Morgan fingerprint density at radius 3 is 2.81 bits per heavy atom. The van der Waals surface area contributed by atoms with Crippen LogP contribution < -0.4 is 0 Å². The summed E-state index contributed by atoms with van der Waals surface area (Å²) in [4.78, 5) is 10.6. The van der Waals surface area contributed by atoms with E-state index < -0.39 is 5.97 Å². The molecule has 2 aromatic rings. The second-order valence-corrected chi connectivity index (χ2v) is 3.35. The van der Waals surface area contributed by atoms with Crippen molar-refractivity contribution in [2.24, 2.45) is 0 Å². The van der Waals surface area contributed by atoms with Crippen LogP contribution in [0.4, 0.5) is 4.39 Å². The fourth-order valence-corrected chi connectivity index (χ4v) is 1.41. The van der Waals surface area contributed by atoms with Gasteiger partial charge in [0, 0.05) is 12.1 Å². The molecule has 0 amide bonds. The van der Waals surface area contributed by atoms with Crippen molar-refractivity contribution in [3.05, 3.63) is 53.1 Å². The average Bonchev–Trinajstić information content (AvgIpc) is 2.70. The molecule has 16 heavy (non-hydrogen) atoms. The summed E-state index contributed by atoms with van der Waals surface area (Å²) in [6.07, 6.45) is 0.299. The number of hydrogen-bond acceptors (Lipinski definition) is 2. The highest BCUT2D eigenvalue weighted by Gasteiger charge is 2.09. The number of rotatable bonds is 3. The van der Waals surface area contributed by atoms with E-state index in [9.17, 15) is 9.18 Å². The molecule has 5 heteroatoms. The highest BCUT2D eigenvalue weighted by atomic mass is 19.1. The maximum Gasteiger partial charge on any atom is 0.356 e. The SMILES string of the molecule is O=C(O)c1cc(Cc2ccccc2F)[nH]n1. The van der Waals surface area contributed by atoms with Crippen LogP contribution >= 0.6 is 0 Å². The molecule has 0 saturated carbocycles. The first-order chi connectivity index (χ1) is 7.66. The molecule has 0 spiro atoms. The van der Waals surface area contributed by atoms with Gasteiger partial charge in [0.2, 0.25) is 0 Å². The van der Waals surface area contributed by atoms with Gasteiger partial charge in [0.05, 0.1) is 0 Å². The molecule has 0 aliphatic rings. The van der Waals surface area contributed by atoms with Crippen molar-refractivity contribution in [2.75, 3.05) is 0 Å². The molecule has 0 aliphatic carbocycles. The molecular formula is C11H9FN2O2. The van der Waals surface area contributed by atoms with Gasteiger partial charge in [-0.1, -0.05) is 18.2 Å². The molecule has 0 fully saturated rings.